The third-order valence-electron chi connectivity index (χ3n) is 2.89. The normalized spacial score (nSPS) is 17.4. The fraction of sp³-hybridized carbons (Fsp3) is 0.286. The van der Waals surface area contributed by atoms with E-state index in [0.29, 0.717) is 10.9 Å². The zero-order valence-electron chi connectivity index (χ0n) is 11.8. The van der Waals surface area contributed by atoms with E-state index >= 15 is 0 Å². The summed E-state index contributed by atoms with van der Waals surface area (Å²) in [6.07, 6.45) is 0.920. The summed E-state index contributed by atoms with van der Waals surface area (Å²) in [6.45, 7) is 4.13. The highest BCUT2D eigenvalue weighted by Crippen LogP contribution is 2.33. The first-order chi connectivity index (χ1) is 10.0. The van der Waals surface area contributed by atoms with Crippen LogP contribution in [-0.4, -0.2) is 28.9 Å². The fourth-order valence-corrected chi connectivity index (χ4v) is 2.80. The van der Waals surface area contributed by atoms with Crippen LogP contribution in [0, 0.1) is 0 Å². The van der Waals surface area contributed by atoms with Gasteiger partial charge in [-0.2, -0.15) is 5.10 Å². The summed E-state index contributed by atoms with van der Waals surface area (Å²) in [5.74, 6) is -0.156. The molecule has 1 fully saturated rings. The van der Waals surface area contributed by atoms with Crippen molar-refractivity contribution in [2.45, 2.75) is 19.8 Å². The van der Waals surface area contributed by atoms with E-state index in [1.165, 1.54) is 11.8 Å². The predicted molar refractivity (Wildman–Crippen MR) is 85.6 cm³/mol. The van der Waals surface area contributed by atoms with Crippen LogP contribution in [0.5, 0.6) is 0 Å². The number of nitrogens with two attached hydrogens (primary N) is 1. The van der Waals surface area contributed by atoms with Crippen LogP contribution < -0.4 is 10.6 Å². The van der Waals surface area contributed by atoms with Crippen LogP contribution in [0.15, 0.2) is 34.5 Å². The van der Waals surface area contributed by atoms with E-state index < -0.39 is 5.91 Å². The van der Waals surface area contributed by atoms with Gasteiger partial charge in [-0.3, -0.25) is 14.5 Å². The molecule has 0 aliphatic carbocycles. The molecule has 110 valence electrons. The summed E-state index contributed by atoms with van der Waals surface area (Å²) in [6, 6.07) is 7.68. The number of nitrogens with zero attached hydrogens (tertiary/aromatic N) is 3. The first-order valence-electron chi connectivity index (χ1n) is 6.46. The highest BCUT2D eigenvalue weighted by atomic mass is 32.2. The molecule has 1 aromatic carbocycles. The smallest absolute Gasteiger partial charge is 0.261 e. The van der Waals surface area contributed by atoms with Gasteiger partial charge in [-0.25, -0.2) is 0 Å². The highest BCUT2D eigenvalue weighted by molar-refractivity contribution is 8.15. The standard InChI is InChI=1S/C14H16N4O2S/c1-9(2)10-5-3-4-6-11(10)18-13(20)8-21-14(18)17-16-7-12(15)19/h3-7,9H,8H2,1-2H3,(H2,15,19)/b16-7+,17-14-. The van der Waals surface area contributed by atoms with E-state index in [2.05, 4.69) is 24.1 Å². The van der Waals surface area contributed by atoms with Gasteiger partial charge in [-0.1, -0.05) is 43.8 Å². The summed E-state index contributed by atoms with van der Waals surface area (Å²) < 4.78 is 0. The summed E-state index contributed by atoms with van der Waals surface area (Å²) in [7, 11) is 0. The summed E-state index contributed by atoms with van der Waals surface area (Å²) in [5, 5.41) is 7.99. The minimum atomic E-state index is -0.678. The number of carbonyl (C=O) groups is 2. The molecule has 6 nitrogen and oxygen atoms in total. The number of primary amides is 1. The van der Waals surface area contributed by atoms with Gasteiger partial charge < -0.3 is 5.73 Å². The maximum atomic E-state index is 12.1. The third-order valence-corrected chi connectivity index (χ3v) is 3.81. The average Bonchev–Trinajstić information content (AvgIpc) is 2.79. The number of thioether (sulfide) groups is 1. The second-order valence-corrected chi connectivity index (χ2v) is 5.70. The molecule has 2 rings (SSSR count). The lowest BCUT2D eigenvalue weighted by Crippen LogP contribution is -2.30. The number of para-hydroxylation sites is 1. The third kappa shape index (κ3) is 3.49. The van der Waals surface area contributed by atoms with E-state index in [4.69, 9.17) is 5.73 Å². The van der Waals surface area contributed by atoms with E-state index in [9.17, 15) is 9.59 Å². The van der Waals surface area contributed by atoms with Gasteiger partial charge >= 0.3 is 0 Å². The second-order valence-electron chi connectivity index (χ2n) is 4.76. The quantitative estimate of drug-likeness (QED) is 0.678. The Balaban J connectivity index is 2.40. The SMILES string of the molecule is CC(C)c1ccccc1N1C(=O)CS/C1=N\N=C\C(N)=O. The van der Waals surface area contributed by atoms with Gasteiger partial charge in [0, 0.05) is 0 Å². The first-order valence-corrected chi connectivity index (χ1v) is 7.44. The van der Waals surface area contributed by atoms with E-state index in [1.807, 2.05) is 24.3 Å². The minimum Gasteiger partial charge on any atom is -0.365 e. The van der Waals surface area contributed by atoms with E-state index in [1.54, 1.807) is 4.90 Å². The Morgan fingerprint density at radius 1 is 1.43 bits per heavy atom. The Hall–Kier alpha value is -2.15. The van der Waals surface area contributed by atoms with Gasteiger partial charge in [0.2, 0.25) is 5.91 Å². The molecule has 2 amide bonds. The van der Waals surface area contributed by atoms with Crippen LogP contribution >= 0.6 is 11.8 Å². The Labute approximate surface area is 127 Å². The van der Waals surface area contributed by atoms with Crippen molar-refractivity contribution >= 4 is 40.6 Å². The highest BCUT2D eigenvalue weighted by Gasteiger charge is 2.31. The molecule has 0 radical (unpaired) electrons. The number of benzene rings is 1. The maximum absolute atomic E-state index is 12.1. The monoisotopic (exact) mass is 304 g/mol. The number of hydrogen-bond donors (Lipinski definition) is 1. The molecule has 7 heteroatoms. The van der Waals surface area contributed by atoms with Gasteiger partial charge in [0.1, 0.15) is 6.21 Å². The van der Waals surface area contributed by atoms with Crippen LogP contribution in [-0.2, 0) is 9.59 Å². The molecular weight excluding hydrogens is 288 g/mol. The van der Waals surface area contributed by atoms with E-state index in [-0.39, 0.29) is 11.8 Å². The van der Waals surface area contributed by atoms with E-state index in [0.717, 1.165) is 17.5 Å². The summed E-state index contributed by atoms with van der Waals surface area (Å²) >= 11 is 1.29. The molecular formula is C14H16N4O2S. The second kappa shape index (κ2) is 6.53. The van der Waals surface area contributed by atoms with Gasteiger partial charge in [-0.15, -0.1) is 5.10 Å². The van der Waals surface area contributed by atoms with Crippen molar-refractivity contribution in [2.24, 2.45) is 15.9 Å². The lowest BCUT2D eigenvalue weighted by atomic mass is 10.0. The molecule has 1 aliphatic rings. The molecule has 1 aliphatic heterocycles. The van der Waals surface area contributed by atoms with Crippen molar-refractivity contribution in [3.8, 4) is 0 Å². The molecule has 21 heavy (non-hydrogen) atoms. The van der Waals surface area contributed by atoms with Gasteiger partial charge in [0.05, 0.1) is 11.4 Å². The Kier molecular flexibility index (Phi) is 4.74. The largest absolute Gasteiger partial charge is 0.365 e. The minimum absolute atomic E-state index is 0.0545. The summed E-state index contributed by atoms with van der Waals surface area (Å²) in [5.41, 5.74) is 6.83. The molecule has 1 saturated heterocycles. The maximum Gasteiger partial charge on any atom is 0.261 e. The van der Waals surface area contributed by atoms with Gasteiger partial charge in [-0.05, 0) is 17.5 Å². The molecule has 0 atom stereocenters. The number of hydrogen-bond acceptors (Lipinski definition) is 5. The Morgan fingerprint density at radius 2 is 2.14 bits per heavy atom. The van der Waals surface area contributed by atoms with Crippen molar-refractivity contribution in [1.82, 2.24) is 0 Å². The van der Waals surface area contributed by atoms with Crippen LogP contribution in [0.4, 0.5) is 5.69 Å². The number of amidine groups is 1. The zero-order valence-corrected chi connectivity index (χ0v) is 12.6. The zero-order chi connectivity index (χ0) is 15.4. The molecule has 0 aromatic heterocycles. The van der Waals surface area contributed by atoms with Crippen molar-refractivity contribution in [1.29, 1.82) is 0 Å². The Morgan fingerprint density at radius 3 is 2.81 bits per heavy atom. The van der Waals surface area contributed by atoms with Crippen LogP contribution in [0.1, 0.15) is 25.3 Å². The van der Waals surface area contributed by atoms with Crippen LogP contribution in [0.25, 0.3) is 0 Å². The number of rotatable bonds is 4. The van der Waals surface area contributed by atoms with Crippen molar-refractivity contribution in [2.75, 3.05) is 10.7 Å². The number of carbonyl (C=O) groups excluding carboxylic acids is 2. The predicted octanol–water partition coefficient (Wildman–Crippen LogP) is 1.72. The lowest BCUT2D eigenvalue weighted by molar-refractivity contribution is -0.115. The van der Waals surface area contributed by atoms with Crippen molar-refractivity contribution in [3.05, 3.63) is 29.8 Å². The van der Waals surface area contributed by atoms with Crippen LogP contribution in [0.3, 0.4) is 0 Å². The Bertz CT molecular complexity index is 625. The van der Waals surface area contributed by atoms with Gasteiger partial charge in [0.25, 0.3) is 5.91 Å². The lowest BCUT2D eigenvalue weighted by Gasteiger charge is -2.20. The first kappa shape index (κ1) is 15.2. The van der Waals surface area contributed by atoms with Gasteiger partial charge in [0.15, 0.2) is 5.17 Å². The number of anilines is 1. The average molecular weight is 304 g/mol. The molecule has 0 spiro atoms. The fourth-order valence-electron chi connectivity index (χ4n) is 1.99. The topological polar surface area (TPSA) is 88.1 Å². The molecule has 0 saturated carbocycles. The molecule has 0 unspecified atom stereocenters. The molecule has 1 heterocycles. The molecule has 1 aromatic rings. The number of amides is 2. The molecule has 2 N–H and O–H groups in total. The van der Waals surface area contributed by atoms with Crippen molar-refractivity contribution < 1.29 is 9.59 Å². The molecule has 0 bridgehead atoms. The summed E-state index contributed by atoms with van der Waals surface area (Å²) in [4.78, 5) is 24.3. The van der Waals surface area contributed by atoms with Crippen molar-refractivity contribution in [3.63, 3.8) is 0 Å². The van der Waals surface area contributed by atoms with Crippen LogP contribution in [0.2, 0.25) is 0 Å².